The van der Waals surface area contributed by atoms with Crippen LogP contribution < -0.4 is 4.74 Å². The van der Waals surface area contributed by atoms with Crippen molar-refractivity contribution in [3.8, 4) is 17.1 Å². The molecule has 1 unspecified atom stereocenters. The molecule has 0 N–H and O–H groups in total. The summed E-state index contributed by atoms with van der Waals surface area (Å²) in [4.78, 5) is 2.07. The van der Waals surface area contributed by atoms with Crippen LogP contribution in [-0.2, 0) is 16.5 Å². The predicted molar refractivity (Wildman–Crippen MR) is 120 cm³/mol. The van der Waals surface area contributed by atoms with Gasteiger partial charge in [-0.15, -0.1) is 0 Å². The molecule has 164 valence electrons. The van der Waals surface area contributed by atoms with Gasteiger partial charge >= 0.3 is 0 Å². The molecule has 0 radical (unpaired) electrons. The van der Waals surface area contributed by atoms with Crippen LogP contribution in [0.4, 0.5) is 0 Å². The van der Waals surface area contributed by atoms with Gasteiger partial charge in [0.2, 0.25) is 0 Å². The maximum Gasteiger partial charge on any atom is 0.199 e. The Labute approximate surface area is 183 Å². The van der Waals surface area contributed by atoms with Gasteiger partial charge in [-0.25, -0.2) is 13.1 Å². The predicted octanol–water partition coefficient (Wildman–Crippen LogP) is 3.67. The maximum atomic E-state index is 11.9. The van der Waals surface area contributed by atoms with E-state index in [1.165, 1.54) is 19.3 Å². The molecule has 1 aliphatic heterocycles. The van der Waals surface area contributed by atoms with E-state index in [0.29, 0.717) is 23.9 Å². The zero-order valence-electron chi connectivity index (χ0n) is 17.7. The number of methoxy groups -OCH3 is 1. The van der Waals surface area contributed by atoms with E-state index in [-0.39, 0.29) is 17.5 Å². The minimum Gasteiger partial charge on any atom is -0.497 e. The molecule has 2 aliphatic rings. The monoisotopic (exact) mass is 450 g/mol. The molecule has 1 aromatic heterocycles. The van der Waals surface area contributed by atoms with Gasteiger partial charge in [-0.3, -0.25) is 9.47 Å². The van der Waals surface area contributed by atoms with Crippen molar-refractivity contribution in [1.29, 1.82) is 0 Å². The molecule has 7 nitrogen and oxygen atoms in total. The first kappa shape index (κ1) is 21.5. The summed E-state index contributed by atoms with van der Waals surface area (Å²) in [5.41, 5.74) is 1.01. The second kappa shape index (κ2) is 8.80. The number of rotatable bonds is 6. The summed E-state index contributed by atoms with van der Waals surface area (Å²) in [6, 6.07) is 8.30. The first-order chi connectivity index (χ1) is 14.4. The molecule has 0 spiro atoms. The number of hydrogen-bond acceptors (Lipinski definition) is 6. The van der Waals surface area contributed by atoms with Gasteiger partial charge in [-0.2, -0.15) is 5.10 Å². The molecule has 1 atom stereocenters. The Balaban J connectivity index is 1.67. The van der Waals surface area contributed by atoms with Crippen LogP contribution in [0.2, 0.25) is 0 Å². The summed E-state index contributed by atoms with van der Waals surface area (Å²) in [7, 11) is 0.690. The highest BCUT2D eigenvalue weighted by Gasteiger charge is 2.31. The van der Waals surface area contributed by atoms with Crippen LogP contribution >= 0.6 is 12.2 Å². The molecule has 2 aromatic rings. The Morgan fingerprint density at radius 1 is 1.17 bits per heavy atom. The van der Waals surface area contributed by atoms with E-state index in [9.17, 15) is 8.42 Å². The zero-order valence-corrected chi connectivity index (χ0v) is 19.3. The first-order valence-electron chi connectivity index (χ1n) is 10.6. The number of aromatic nitrogens is 3. The third kappa shape index (κ3) is 4.48. The lowest BCUT2D eigenvalue weighted by atomic mass is 9.95. The van der Waals surface area contributed by atoms with Crippen LogP contribution in [0.25, 0.3) is 11.4 Å². The number of ether oxygens (including phenoxy) is 1. The molecule has 1 saturated carbocycles. The largest absolute Gasteiger partial charge is 0.497 e. The quantitative estimate of drug-likeness (QED) is 0.626. The highest BCUT2D eigenvalue weighted by atomic mass is 32.2. The number of sulfone groups is 1. The van der Waals surface area contributed by atoms with Gasteiger partial charge < -0.3 is 4.74 Å². The van der Waals surface area contributed by atoms with Crippen LogP contribution in [0.1, 0.15) is 44.6 Å². The van der Waals surface area contributed by atoms with Crippen LogP contribution in [0.3, 0.4) is 0 Å². The first-order valence-corrected chi connectivity index (χ1v) is 12.9. The zero-order chi connectivity index (χ0) is 21.3. The normalized spacial score (nSPS) is 21.9. The van der Waals surface area contributed by atoms with Crippen LogP contribution in [0, 0.1) is 4.77 Å². The van der Waals surface area contributed by atoms with E-state index in [1.807, 2.05) is 36.0 Å². The van der Waals surface area contributed by atoms with Crippen molar-refractivity contribution in [3.05, 3.63) is 29.0 Å². The molecule has 2 heterocycles. The fraction of sp³-hybridized carbons (Fsp3) is 0.619. The molecule has 4 rings (SSSR count). The second-order valence-corrected chi connectivity index (χ2v) is 11.0. The van der Waals surface area contributed by atoms with Crippen LogP contribution in [0.5, 0.6) is 5.75 Å². The third-order valence-electron chi connectivity index (χ3n) is 6.35. The molecule has 30 heavy (non-hydrogen) atoms. The fourth-order valence-electron chi connectivity index (χ4n) is 4.57. The number of hydrogen-bond donors (Lipinski definition) is 0. The van der Waals surface area contributed by atoms with Crippen LogP contribution in [0.15, 0.2) is 24.3 Å². The lowest BCUT2D eigenvalue weighted by Crippen LogP contribution is -2.34. The average Bonchev–Trinajstić information content (AvgIpc) is 3.28. The summed E-state index contributed by atoms with van der Waals surface area (Å²) in [6.45, 7) is 0.488. The molecule has 0 amide bonds. The highest BCUT2D eigenvalue weighted by molar-refractivity contribution is 7.91. The minimum atomic E-state index is -2.93. The topological polar surface area (TPSA) is 69.4 Å². The summed E-state index contributed by atoms with van der Waals surface area (Å²) < 4.78 is 33.8. The van der Waals surface area contributed by atoms with Crippen molar-refractivity contribution in [3.63, 3.8) is 0 Å². The van der Waals surface area contributed by atoms with Crippen molar-refractivity contribution in [2.45, 2.75) is 57.3 Å². The molecule has 1 aromatic carbocycles. The van der Waals surface area contributed by atoms with Gasteiger partial charge in [0.1, 0.15) is 5.75 Å². The Bertz CT molecular complexity index is 1040. The highest BCUT2D eigenvalue weighted by Crippen LogP contribution is 2.33. The Morgan fingerprint density at radius 3 is 2.47 bits per heavy atom. The average molecular weight is 451 g/mol. The fourth-order valence-corrected chi connectivity index (χ4v) is 6.71. The van der Waals surface area contributed by atoms with E-state index in [0.717, 1.165) is 30.0 Å². The molecule has 9 heteroatoms. The van der Waals surface area contributed by atoms with E-state index in [2.05, 4.69) is 9.47 Å². The van der Waals surface area contributed by atoms with Gasteiger partial charge in [0.05, 0.1) is 25.3 Å². The van der Waals surface area contributed by atoms with Crippen LogP contribution in [-0.4, -0.2) is 59.4 Å². The molecule has 2 fully saturated rings. The molecular formula is C21H30N4O3S2. The lowest BCUT2D eigenvalue weighted by Gasteiger charge is -2.24. The Hall–Kier alpha value is -1.71. The maximum absolute atomic E-state index is 11.9. The van der Waals surface area contributed by atoms with Crippen molar-refractivity contribution in [2.75, 3.05) is 25.7 Å². The SMILES string of the molecule is COc1ccc(-c2nn(CN(C)C3CCS(=O)(=O)C3)c(=S)n2C2CCCCC2)cc1. The van der Waals surface area contributed by atoms with Gasteiger partial charge in [-0.1, -0.05) is 19.3 Å². The Kier molecular flexibility index (Phi) is 6.31. The number of benzene rings is 1. The smallest absolute Gasteiger partial charge is 0.199 e. The van der Waals surface area contributed by atoms with Crippen molar-refractivity contribution >= 4 is 22.1 Å². The van der Waals surface area contributed by atoms with Crippen molar-refractivity contribution in [1.82, 2.24) is 19.2 Å². The minimum absolute atomic E-state index is 0.0150. The molecule has 1 aliphatic carbocycles. The van der Waals surface area contributed by atoms with Crippen molar-refractivity contribution < 1.29 is 13.2 Å². The molecule has 0 bridgehead atoms. The lowest BCUT2D eigenvalue weighted by molar-refractivity contribution is 0.195. The van der Waals surface area contributed by atoms with Crippen molar-refractivity contribution in [2.24, 2.45) is 0 Å². The van der Waals surface area contributed by atoms with Gasteiger partial charge in [-0.05, 0) is 62.8 Å². The summed E-state index contributed by atoms with van der Waals surface area (Å²) in [5.74, 6) is 2.16. The standard InChI is InChI=1S/C21H30N4O3S2/c1-23(18-12-13-30(26,27)14-18)15-24-21(29)25(17-6-4-3-5-7-17)20(22-24)16-8-10-19(28-2)11-9-16/h8-11,17-18H,3-7,12-15H2,1-2H3. The summed E-state index contributed by atoms with van der Waals surface area (Å²) in [6.07, 6.45) is 6.58. The van der Waals surface area contributed by atoms with E-state index in [1.54, 1.807) is 7.11 Å². The molecule has 1 saturated heterocycles. The van der Waals surface area contributed by atoms with Gasteiger partial charge in [0.15, 0.2) is 20.4 Å². The number of nitrogens with zero attached hydrogens (tertiary/aromatic N) is 4. The summed E-state index contributed by atoms with van der Waals surface area (Å²) in [5, 5.41) is 4.90. The second-order valence-electron chi connectivity index (χ2n) is 8.45. The summed E-state index contributed by atoms with van der Waals surface area (Å²) >= 11 is 5.87. The third-order valence-corrected chi connectivity index (χ3v) is 8.51. The van der Waals surface area contributed by atoms with Gasteiger partial charge in [0, 0.05) is 17.6 Å². The van der Waals surface area contributed by atoms with E-state index < -0.39 is 9.84 Å². The van der Waals surface area contributed by atoms with E-state index in [4.69, 9.17) is 22.1 Å². The molecular weight excluding hydrogens is 420 g/mol. The van der Waals surface area contributed by atoms with Gasteiger partial charge in [0.25, 0.3) is 0 Å². The van der Waals surface area contributed by atoms with E-state index >= 15 is 0 Å². The Morgan fingerprint density at radius 2 is 1.87 bits per heavy atom.